The lowest BCUT2D eigenvalue weighted by Crippen LogP contribution is -2.28. The minimum atomic E-state index is -3.52. The topological polar surface area (TPSA) is 93.7 Å². The van der Waals surface area contributed by atoms with Crippen molar-refractivity contribution in [2.45, 2.75) is 31.2 Å². The molecule has 0 spiro atoms. The zero-order chi connectivity index (χ0) is 20.4. The average molecular weight is 407 g/mol. The third-order valence-corrected chi connectivity index (χ3v) is 5.47. The molecule has 0 atom stereocenters. The summed E-state index contributed by atoms with van der Waals surface area (Å²) in [5, 5.41) is 2.76. The van der Waals surface area contributed by atoms with E-state index in [1.165, 1.54) is 24.3 Å². The summed E-state index contributed by atoms with van der Waals surface area (Å²) in [6.45, 7) is 2.55. The molecule has 28 heavy (non-hydrogen) atoms. The van der Waals surface area contributed by atoms with Gasteiger partial charge in [-0.1, -0.05) is 31.5 Å². The van der Waals surface area contributed by atoms with Gasteiger partial charge in [-0.15, -0.1) is 0 Å². The molecule has 8 heteroatoms. The predicted molar refractivity (Wildman–Crippen MR) is 107 cm³/mol. The Hall–Kier alpha value is -2.58. The number of hydrogen-bond donors (Lipinski definition) is 2. The first-order valence-electron chi connectivity index (χ1n) is 9.07. The van der Waals surface area contributed by atoms with Crippen molar-refractivity contribution in [3.8, 4) is 11.5 Å². The maximum atomic E-state index is 12.1. The molecule has 7 nitrogen and oxygen atoms in total. The maximum Gasteiger partial charge on any atom is 0.258 e. The van der Waals surface area contributed by atoms with Crippen LogP contribution in [-0.2, 0) is 21.4 Å². The van der Waals surface area contributed by atoms with E-state index in [4.69, 9.17) is 9.47 Å². The number of methoxy groups -OCH3 is 1. The second-order valence-electron chi connectivity index (χ2n) is 6.10. The number of nitrogens with one attached hydrogen (secondary N) is 2. The monoisotopic (exact) mass is 406 g/mol. The van der Waals surface area contributed by atoms with Crippen molar-refractivity contribution in [2.75, 3.05) is 20.3 Å². The van der Waals surface area contributed by atoms with Gasteiger partial charge in [0.05, 0.1) is 12.0 Å². The van der Waals surface area contributed by atoms with Gasteiger partial charge in [0.2, 0.25) is 10.0 Å². The Morgan fingerprint density at radius 3 is 2.46 bits per heavy atom. The molecule has 0 aliphatic rings. The molecule has 0 radical (unpaired) electrons. The van der Waals surface area contributed by atoms with E-state index >= 15 is 0 Å². The van der Waals surface area contributed by atoms with E-state index in [9.17, 15) is 13.2 Å². The van der Waals surface area contributed by atoms with Crippen LogP contribution in [0.3, 0.4) is 0 Å². The van der Waals surface area contributed by atoms with Crippen molar-refractivity contribution in [2.24, 2.45) is 0 Å². The van der Waals surface area contributed by atoms with Gasteiger partial charge in [0.1, 0.15) is 11.5 Å². The molecule has 2 aromatic carbocycles. The molecule has 2 N–H and O–H groups in total. The number of rotatable bonds is 11. The van der Waals surface area contributed by atoms with E-state index in [-0.39, 0.29) is 17.4 Å². The molecule has 2 rings (SSSR count). The molecule has 1 amide bonds. The van der Waals surface area contributed by atoms with Gasteiger partial charge in [0.15, 0.2) is 6.61 Å². The molecule has 0 aliphatic heterocycles. The second-order valence-corrected chi connectivity index (χ2v) is 7.87. The number of benzene rings is 2. The number of ether oxygens (including phenoxy) is 2. The summed E-state index contributed by atoms with van der Waals surface area (Å²) in [6.07, 6.45) is 1.69. The van der Waals surface area contributed by atoms with Crippen LogP contribution in [0.2, 0.25) is 0 Å². The van der Waals surface area contributed by atoms with Crippen LogP contribution in [0, 0.1) is 0 Å². The van der Waals surface area contributed by atoms with Crippen LogP contribution < -0.4 is 19.5 Å². The van der Waals surface area contributed by atoms with E-state index in [0.717, 1.165) is 18.4 Å². The Bertz CT molecular complexity index is 866. The summed E-state index contributed by atoms with van der Waals surface area (Å²) in [6, 6.07) is 13.4. The molecule has 0 heterocycles. The number of hydrogen-bond acceptors (Lipinski definition) is 5. The molecule has 0 fully saturated rings. The Labute approximate surface area is 166 Å². The van der Waals surface area contributed by atoms with Crippen LogP contribution in [0.5, 0.6) is 11.5 Å². The van der Waals surface area contributed by atoms with Gasteiger partial charge in [-0.05, 0) is 36.8 Å². The molecule has 0 aromatic heterocycles. The Morgan fingerprint density at radius 1 is 1.07 bits per heavy atom. The summed E-state index contributed by atoms with van der Waals surface area (Å²) < 4.78 is 37.5. The number of carbonyl (C=O) groups is 1. The number of carbonyl (C=O) groups excluding carboxylic acids is 1. The van der Waals surface area contributed by atoms with Crippen molar-refractivity contribution >= 4 is 15.9 Å². The third-order valence-electron chi connectivity index (χ3n) is 3.99. The van der Waals surface area contributed by atoms with Gasteiger partial charge in [0, 0.05) is 18.7 Å². The van der Waals surface area contributed by atoms with Gasteiger partial charge in [-0.3, -0.25) is 4.79 Å². The summed E-state index contributed by atoms with van der Waals surface area (Å²) in [5.74, 6) is 0.830. The normalized spacial score (nSPS) is 11.1. The van der Waals surface area contributed by atoms with Gasteiger partial charge >= 0.3 is 0 Å². The van der Waals surface area contributed by atoms with E-state index in [0.29, 0.717) is 24.6 Å². The highest BCUT2D eigenvalue weighted by molar-refractivity contribution is 7.89. The molecule has 0 aliphatic carbocycles. The molecule has 0 saturated carbocycles. The second kappa shape index (κ2) is 10.7. The van der Waals surface area contributed by atoms with Crippen molar-refractivity contribution in [3.05, 3.63) is 54.1 Å². The van der Waals surface area contributed by atoms with Crippen molar-refractivity contribution in [3.63, 3.8) is 0 Å². The highest BCUT2D eigenvalue weighted by Crippen LogP contribution is 2.17. The Balaban J connectivity index is 1.83. The van der Waals surface area contributed by atoms with E-state index < -0.39 is 10.0 Å². The molecule has 0 bridgehead atoms. The molecule has 2 aromatic rings. The van der Waals surface area contributed by atoms with Crippen molar-refractivity contribution in [1.82, 2.24) is 10.0 Å². The lowest BCUT2D eigenvalue weighted by Gasteiger charge is -2.11. The van der Waals surface area contributed by atoms with Gasteiger partial charge in [-0.2, -0.15) is 0 Å². The van der Waals surface area contributed by atoms with Crippen LogP contribution in [-0.4, -0.2) is 34.6 Å². The first-order chi connectivity index (χ1) is 13.5. The lowest BCUT2D eigenvalue weighted by molar-refractivity contribution is -0.123. The zero-order valence-corrected chi connectivity index (χ0v) is 16.9. The summed E-state index contributed by atoms with van der Waals surface area (Å²) in [5.41, 5.74) is 0.864. The predicted octanol–water partition coefficient (Wildman–Crippen LogP) is 2.47. The maximum absolute atomic E-state index is 12.1. The Morgan fingerprint density at radius 2 is 1.79 bits per heavy atom. The quantitative estimate of drug-likeness (QED) is 0.559. The summed E-state index contributed by atoms with van der Waals surface area (Å²) in [4.78, 5) is 12.1. The molecule has 0 saturated heterocycles. The SMILES string of the molecule is CCCCNS(=O)(=O)c1ccc(OCC(=O)NCc2ccccc2OC)cc1. The van der Waals surface area contributed by atoms with Crippen LogP contribution in [0.15, 0.2) is 53.4 Å². The molecular formula is C20H26N2O5S. The average Bonchev–Trinajstić information content (AvgIpc) is 2.71. The minimum Gasteiger partial charge on any atom is -0.496 e. The lowest BCUT2D eigenvalue weighted by atomic mass is 10.2. The van der Waals surface area contributed by atoms with Crippen molar-refractivity contribution in [1.29, 1.82) is 0 Å². The number of unbranched alkanes of at least 4 members (excludes halogenated alkanes) is 1. The first-order valence-corrected chi connectivity index (χ1v) is 10.6. The van der Waals surface area contributed by atoms with Gasteiger partial charge < -0.3 is 14.8 Å². The standard InChI is InChI=1S/C20H26N2O5S/c1-3-4-13-22-28(24,25)18-11-9-17(10-12-18)27-15-20(23)21-14-16-7-5-6-8-19(16)26-2/h5-12,22H,3-4,13-15H2,1-2H3,(H,21,23). The molecular weight excluding hydrogens is 380 g/mol. The fourth-order valence-corrected chi connectivity index (χ4v) is 3.50. The van der Waals surface area contributed by atoms with E-state index in [1.807, 2.05) is 31.2 Å². The number of para-hydroxylation sites is 1. The van der Waals surface area contributed by atoms with Crippen molar-refractivity contribution < 1.29 is 22.7 Å². The van der Waals surface area contributed by atoms with Crippen LogP contribution in [0.1, 0.15) is 25.3 Å². The van der Waals surface area contributed by atoms with Gasteiger partial charge in [0.25, 0.3) is 5.91 Å². The largest absolute Gasteiger partial charge is 0.496 e. The highest BCUT2D eigenvalue weighted by Gasteiger charge is 2.13. The number of sulfonamides is 1. The van der Waals surface area contributed by atoms with Gasteiger partial charge in [-0.25, -0.2) is 13.1 Å². The fourth-order valence-electron chi connectivity index (χ4n) is 2.42. The van der Waals surface area contributed by atoms with Crippen LogP contribution in [0.25, 0.3) is 0 Å². The van der Waals surface area contributed by atoms with E-state index in [1.54, 1.807) is 7.11 Å². The summed E-state index contributed by atoms with van der Waals surface area (Å²) in [7, 11) is -1.95. The minimum absolute atomic E-state index is 0.163. The highest BCUT2D eigenvalue weighted by atomic mass is 32.2. The molecule has 152 valence electrons. The summed E-state index contributed by atoms with van der Waals surface area (Å²) >= 11 is 0. The molecule has 0 unspecified atom stereocenters. The first kappa shape index (κ1) is 21.7. The fraction of sp³-hybridized carbons (Fsp3) is 0.350. The number of amides is 1. The van der Waals surface area contributed by atoms with Crippen LogP contribution in [0.4, 0.5) is 0 Å². The Kier molecular flexibility index (Phi) is 8.28. The zero-order valence-electron chi connectivity index (χ0n) is 16.1. The smallest absolute Gasteiger partial charge is 0.258 e. The van der Waals surface area contributed by atoms with Crippen LogP contribution >= 0.6 is 0 Å². The third kappa shape index (κ3) is 6.54. The van der Waals surface area contributed by atoms with E-state index in [2.05, 4.69) is 10.0 Å².